The highest BCUT2D eigenvalue weighted by Crippen LogP contribution is 2.16. The number of carbonyl (C=O) groups excluding carboxylic acids is 1. The molecule has 0 bridgehead atoms. The number of aromatic nitrogens is 3. The fraction of sp³-hybridized carbons (Fsp3) is 0.222. The normalized spacial score (nSPS) is 10.2. The molecule has 2 heterocycles. The average molecular weight is 267 g/mol. The van der Waals surface area contributed by atoms with Crippen LogP contribution in [0, 0.1) is 10.1 Å². The first kappa shape index (κ1) is 12.5. The van der Waals surface area contributed by atoms with Crippen LogP contribution in [0.25, 0.3) is 0 Å². The number of aromatic amines is 1. The summed E-state index contributed by atoms with van der Waals surface area (Å²) in [5.74, 6) is -1.36. The number of furan rings is 1. The average Bonchev–Trinajstić information content (AvgIpc) is 2.98. The summed E-state index contributed by atoms with van der Waals surface area (Å²) in [4.78, 5) is 25.1. The minimum atomic E-state index is -0.738. The van der Waals surface area contributed by atoms with E-state index in [1.165, 1.54) is 6.07 Å². The molecule has 0 saturated carbocycles. The number of H-pyrrole nitrogens is 1. The van der Waals surface area contributed by atoms with Crippen LogP contribution in [0.3, 0.4) is 0 Å². The first-order valence-corrected chi connectivity index (χ1v) is 5.21. The highest BCUT2D eigenvalue weighted by Gasteiger charge is 2.18. The number of ether oxygens (including phenoxy) is 1. The first-order valence-electron chi connectivity index (χ1n) is 5.21. The van der Waals surface area contributed by atoms with Crippen molar-refractivity contribution in [2.75, 3.05) is 11.9 Å². The first-order chi connectivity index (χ1) is 9.10. The van der Waals surface area contributed by atoms with Crippen molar-refractivity contribution in [2.45, 2.75) is 6.92 Å². The third kappa shape index (κ3) is 2.86. The lowest BCUT2D eigenvalue weighted by Gasteiger charge is -1.96. The SMILES string of the molecule is CCOc1n[nH]c(NC(=O)c2ccc([N+](=O)[O-])o2)n1. The molecule has 0 saturated heterocycles. The van der Waals surface area contributed by atoms with Crippen molar-refractivity contribution in [1.82, 2.24) is 15.2 Å². The van der Waals surface area contributed by atoms with Crippen molar-refractivity contribution >= 4 is 17.7 Å². The molecule has 0 aromatic carbocycles. The molecule has 1 amide bonds. The van der Waals surface area contributed by atoms with E-state index in [4.69, 9.17) is 9.15 Å². The Morgan fingerprint density at radius 3 is 3.05 bits per heavy atom. The smallest absolute Gasteiger partial charge is 0.433 e. The van der Waals surface area contributed by atoms with E-state index in [1.54, 1.807) is 6.92 Å². The van der Waals surface area contributed by atoms with Crippen LogP contribution >= 0.6 is 0 Å². The lowest BCUT2D eigenvalue weighted by Crippen LogP contribution is -2.12. The molecule has 10 nitrogen and oxygen atoms in total. The summed E-state index contributed by atoms with van der Waals surface area (Å²) in [6.45, 7) is 2.15. The predicted molar refractivity (Wildman–Crippen MR) is 60.9 cm³/mol. The van der Waals surface area contributed by atoms with Gasteiger partial charge < -0.3 is 9.15 Å². The van der Waals surface area contributed by atoms with Gasteiger partial charge in [0.15, 0.2) is 5.76 Å². The lowest BCUT2D eigenvalue weighted by atomic mass is 10.4. The standard InChI is InChI=1S/C9H9N5O5/c1-2-18-9-11-8(12-13-9)10-7(15)5-3-4-6(19-5)14(16)17/h3-4H,2H2,1H3,(H2,10,11,12,13,15). The van der Waals surface area contributed by atoms with Gasteiger partial charge in [0.05, 0.1) is 12.7 Å². The number of nitrogens with zero attached hydrogens (tertiary/aromatic N) is 3. The summed E-state index contributed by atoms with van der Waals surface area (Å²) in [5.41, 5.74) is 0. The molecule has 0 aliphatic carbocycles. The number of rotatable bonds is 5. The number of carbonyl (C=O) groups is 1. The van der Waals surface area contributed by atoms with Crippen LogP contribution in [0.4, 0.5) is 11.8 Å². The van der Waals surface area contributed by atoms with Gasteiger partial charge in [0.1, 0.15) is 4.92 Å². The second-order valence-electron chi connectivity index (χ2n) is 3.25. The van der Waals surface area contributed by atoms with Crippen LogP contribution in [0.15, 0.2) is 16.5 Å². The molecule has 19 heavy (non-hydrogen) atoms. The highest BCUT2D eigenvalue weighted by molar-refractivity contribution is 6.01. The zero-order valence-corrected chi connectivity index (χ0v) is 9.74. The van der Waals surface area contributed by atoms with Crippen molar-refractivity contribution in [3.05, 3.63) is 28.0 Å². The van der Waals surface area contributed by atoms with Crippen molar-refractivity contribution in [3.63, 3.8) is 0 Å². The molecule has 2 aromatic rings. The lowest BCUT2D eigenvalue weighted by molar-refractivity contribution is -0.402. The van der Waals surface area contributed by atoms with E-state index in [-0.39, 0.29) is 17.7 Å². The molecule has 0 unspecified atom stereocenters. The van der Waals surface area contributed by atoms with Gasteiger partial charge in [-0.15, -0.1) is 5.10 Å². The molecule has 10 heteroatoms. The molecule has 0 atom stereocenters. The van der Waals surface area contributed by atoms with E-state index >= 15 is 0 Å². The molecule has 0 aliphatic heterocycles. The molecule has 100 valence electrons. The maximum atomic E-state index is 11.7. The van der Waals surface area contributed by atoms with Crippen molar-refractivity contribution in [1.29, 1.82) is 0 Å². The Labute approximate surface area is 105 Å². The zero-order valence-electron chi connectivity index (χ0n) is 9.74. The Kier molecular flexibility index (Phi) is 3.41. The van der Waals surface area contributed by atoms with E-state index in [2.05, 4.69) is 20.5 Å². The second-order valence-corrected chi connectivity index (χ2v) is 3.25. The second kappa shape index (κ2) is 5.16. The third-order valence-corrected chi connectivity index (χ3v) is 1.97. The number of nitrogens with one attached hydrogen (secondary N) is 2. The van der Waals surface area contributed by atoms with Gasteiger partial charge in [-0.05, 0) is 13.0 Å². The molecule has 0 aliphatic rings. The fourth-order valence-corrected chi connectivity index (χ4v) is 1.21. The monoisotopic (exact) mass is 267 g/mol. The topological polar surface area (TPSA) is 136 Å². The summed E-state index contributed by atoms with van der Waals surface area (Å²) in [6, 6.07) is 2.36. The largest absolute Gasteiger partial charge is 0.463 e. The van der Waals surface area contributed by atoms with Crippen molar-refractivity contribution < 1.29 is 18.9 Å². The Morgan fingerprint density at radius 1 is 1.63 bits per heavy atom. The fourth-order valence-electron chi connectivity index (χ4n) is 1.21. The van der Waals surface area contributed by atoms with Gasteiger partial charge >= 0.3 is 11.9 Å². The predicted octanol–water partition coefficient (Wildman–Crippen LogP) is 0.957. The van der Waals surface area contributed by atoms with Gasteiger partial charge in [-0.1, -0.05) is 0 Å². The van der Waals surface area contributed by atoms with Crippen LogP contribution in [0.2, 0.25) is 0 Å². The molecular formula is C9H9N5O5. The van der Waals surface area contributed by atoms with E-state index in [1.807, 2.05) is 0 Å². The molecule has 2 rings (SSSR count). The van der Waals surface area contributed by atoms with Gasteiger partial charge in [-0.25, -0.2) is 5.10 Å². The Hall–Kier alpha value is -2.91. The van der Waals surface area contributed by atoms with E-state index < -0.39 is 16.7 Å². The van der Waals surface area contributed by atoms with Gasteiger partial charge in [-0.3, -0.25) is 20.2 Å². The van der Waals surface area contributed by atoms with E-state index in [0.29, 0.717) is 6.61 Å². The van der Waals surface area contributed by atoms with Crippen LogP contribution < -0.4 is 10.1 Å². The van der Waals surface area contributed by atoms with E-state index in [9.17, 15) is 14.9 Å². The number of hydrogen-bond acceptors (Lipinski definition) is 7. The van der Waals surface area contributed by atoms with Crippen LogP contribution in [-0.4, -0.2) is 32.6 Å². The Bertz CT molecular complexity index is 604. The molecule has 0 fully saturated rings. The quantitative estimate of drug-likeness (QED) is 0.607. The zero-order chi connectivity index (χ0) is 13.8. The van der Waals surface area contributed by atoms with Gasteiger partial charge in [0, 0.05) is 0 Å². The molecule has 2 aromatic heterocycles. The van der Waals surface area contributed by atoms with Gasteiger partial charge in [0.2, 0.25) is 5.95 Å². The minimum absolute atomic E-state index is 0.0486. The van der Waals surface area contributed by atoms with Crippen molar-refractivity contribution in [2.24, 2.45) is 0 Å². The molecule has 2 N–H and O–H groups in total. The van der Waals surface area contributed by atoms with E-state index in [0.717, 1.165) is 6.07 Å². The summed E-state index contributed by atoms with van der Waals surface area (Å²) in [5, 5.41) is 18.8. The molecule has 0 spiro atoms. The maximum absolute atomic E-state index is 11.7. The Morgan fingerprint density at radius 2 is 2.42 bits per heavy atom. The molecular weight excluding hydrogens is 258 g/mol. The number of hydrogen-bond donors (Lipinski definition) is 2. The summed E-state index contributed by atoms with van der Waals surface area (Å²) >= 11 is 0. The maximum Gasteiger partial charge on any atom is 0.433 e. The molecule has 0 radical (unpaired) electrons. The number of anilines is 1. The number of amides is 1. The Balaban J connectivity index is 2.04. The number of nitro groups is 1. The third-order valence-electron chi connectivity index (χ3n) is 1.97. The van der Waals surface area contributed by atoms with Crippen LogP contribution in [0.1, 0.15) is 17.5 Å². The van der Waals surface area contributed by atoms with Gasteiger partial charge in [-0.2, -0.15) is 4.98 Å². The van der Waals surface area contributed by atoms with Crippen LogP contribution in [-0.2, 0) is 0 Å². The van der Waals surface area contributed by atoms with Crippen molar-refractivity contribution in [3.8, 4) is 6.01 Å². The highest BCUT2D eigenvalue weighted by atomic mass is 16.6. The minimum Gasteiger partial charge on any atom is -0.463 e. The van der Waals surface area contributed by atoms with Crippen LogP contribution in [0.5, 0.6) is 6.01 Å². The summed E-state index contributed by atoms with van der Waals surface area (Å²) in [6.07, 6.45) is 0. The van der Waals surface area contributed by atoms with Gasteiger partial charge in [0.25, 0.3) is 5.91 Å². The summed E-state index contributed by atoms with van der Waals surface area (Å²) in [7, 11) is 0. The summed E-state index contributed by atoms with van der Waals surface area (Å²) < 4.78 is 9.72.